The fourth-order valence-electron chi connectivity index (χ4n) is 1.39. The molecule has 0 bridgehead atoms. The molecule has 2 rings (SSSR count). The van der Waals surface area contributed by atoms with Crippen molar-refractivity contribution in [2.45, 2.75) is 0 Å². The molecule has 2 aromatic heterocycles. The molecule has 15 heavy (non-hydrogen) atoms. The lowest BCUT2D eigenvalue weighted by molar-refractivity contribution is -0.606. The van der Waals surface area contributed by atoms with Crippen LogP contribution in [0.3, 0.4) is 0 Å². The zero-order valence-electron chi connectivity index (χ0n) is 8.01. The number of carbonyl (C=O) groups excluding carboxylic acids is 1. The summed E-state index contributed by atoms with van der Waals surface area (Å²) in [6.07, 6.45) is 4.37. The number of fused-ring (bicyclic) bond motifs is 1. The predicted molar refractivity (Wildman–Crippen MR) is 52.0 cm³/mol. The highest BCUT2D eigenvalue weighted by atomic mass is 16.5. The van der Waals surface area contributed by atoms with Crippen LogP contribution in [-0.4, -0.2) is 18.1 Å². The molecule has 0 aliphatic rings. The first kappa shape index (κ1) is 9.39. The number of pyridine rings is 2. The van der Waals surface area contributed by atoms with Gasteiger partial charge in [-0.1, -0.05) is 0 Å². The highest BCUT2D eigenvalue weighted by Gasteiger charge is 2.20. The molecular weight excluding hydrogens is 196 g/mol. The number of hydrogen-bond donors (Lipinski definition) is 0. The van der Waals surface area contributed by atoms with Crippen LogP contribution in [0.15, 0.2) is 30.7 Å². The van der Waals surface area contributed by atoms with Gasteiger partial charge in [0.25, 0.3) is 0 Å². The van der Waals surface area contributed by atoms with E-state index in [1.165, 1.54) is 19.5 Å². The van der Waals surface area contributed by atoms with E-state index in [9.17, 15) is 10.0 Å². The van der Waals surface area contributed by atoms with Crippen molar-refractivity contribution in [3.63, 3.8) is 0 Å². The zero-order valence-corrected chi connectivity index (χ0v) is 8.01. The minimum Gasteiger partial charge on any atom is -0.618 e. The lowest BCUT2D eigenvalue weighted by Crippen LogP contribution is -2.34. The lowest BCUT2D eigenvalue weighted by Gasteiger charge is -2.05. The second kappa shape index (κ2) is 3.53. The highest BCUT2D eigenvalue weighted by molar-refractivity contribution is 6.00. The van der Waals surface area contributed by atoms with Crippen LogP contribution in [0, 0.1) is 5.21 Å². The largest absolute Gasteiger partial charge is 0.618 e. The molecule has 76 valence electrons. The standard InChI is InChI=1S/C10H8N2O3/c1-15-10(13)9-8-2-4-11-6-7(8)3-5-12(9)14/h2-6H,1H3. The van der Waals surface area contributed by atoms with Crippen LogP contribution in [0.4, 0.5) is 0 Å². The molecule has 0 radical (unpaired) electrons. The number of aromatic nitrogens is 2. The molecule has 5 heteroatoms. The van der Waals surface area contributed by atoms with Crippen LogP contribution < -0.4 is 4.73 Å². The Morgan fingerprint density at radius 2 is 2.33 bits per heavy atom. The van der Waals surface area contributed by atoms with Crippen molar-refractivity contribution in [2.75, 3.05) is 7.11 Å². The summed E-state index contributed by atoms with van der Waals surface area (Å²) in [4.78, 5) is 15.3. The minimum atomic E-state index is -0.651. The van der Waals surface area contributed by atoms with Crippen molar-refractivity contribution in [3.8, 4) is 0 Å². The zero-order chi connectivity index (χ0) is 10.8. The number of rotatable bonds is 1. The summed E-state index contributed by atoms with van der Waals surface area (Å²) in [6.45, 7) is 0. The van der Waals surface area contributed by atoms with Crippen LogP contribution in [-0.2, 0) is 4.74 Å². The molecule has 0 amide bonds. The van der Waals surface area contributed by atoms with Gasteiger partial charge < -0.3 is 9.94 Å². The smallest absolute Gasteiger partial charge is 0.405 e. The van der Waals surface area contributed by atoms with E-state index < -0.39 is 5.97 Å². The van der Waals surface area contributed by atoms with E-state index in [1.54, 1.807) is 18.3 Å². The van der Waals surface area contributed by atoms with Crippen molar-refractivity contribution < 1.29 is 14.3 Å². The Bertz CT molecular complexity index is 525. The molecule has 0 aromatic carbocycles. The van der Waals surface area contributed by atoms with Gasteiger partial charge in [-0.25, -0.2) is 4.79 Å². The molecule has 2 aromatic rings. The third-order valence-electron chi connectivity index (χ3n) is 2.10. The first-order valence-corrected chi connectivity index (χ1v) is 4.28. The molecule has 0 saturated heterocycles. The Balaban J connectivity index is 2.79. The summed E-state index contributed by atoms with van der Waals surface area (Å²) in [7, 11) is 1.24. The average molecular weight is 204 g/mol. The van der Waals surface area contributed by atoms with Gasteiger partial charge in [-0.15, -0.1) is 0 Å². The first-order chi connectivity index (χ1) is 7.24. The van der Waals surface area contributed by atoms with Crippen molar-refractivity contribution >= 4 is 16.7 Å². The van der Waals surface area contributed by atoms with Crippen LogP contribution in [0.25, 0.3) is 10.8 Å². The van der Waals surface area contributed by atoms with E-state index in [0.29, 0.717) is 10.1 Å². The lowest BCUT2D eigenvalue weighted by atomic mass is 10.1. The second-order valence-electron chi connectivity index (χ2n) is 2.94. The third-order valence-corrected chi connectivity index (χ3v) is 2.10. The van der Waals surface area contributed by atoms with Crippen LogP contribution in [0.1, 0.15) is 10.5 Å². The molecule has 0 unspecified atom stereocenters. The first-order valence-electron chi connectivity index (χ1n) is 4.28. The fourth-order valence-corrected chi connectivity index (χ4v) is 1.39. The predicted octanol–water partition coefficient (Wildman–Crippen LogP) is 0.655. The monoisotopic (exact) mass is 204 g/mol. The molecule has 0 N–H and O–H groups in total. The molecule has 0 aliphatic heterocycles. The maximum Gasteiger partial charge on any atom is 0.405 e. The SMILES string of the molecule is COC(=O)c1c2ccncc2cc[n+]1[O-]. The Morgan fingerprint density at radius 1 is 1.53 bits per heavy atom. The molecule has 0 atom stereocenters. The van der Waals surface area contributed by atoms with Gasteiger partial charge >= 0.3 is 11.7 Å². The Morgan fingerprint density at radius 3 is 3.07 bits per heavy atom. The van der Waals surface area contributed by atoms with Crippen LogP contribution in [0.2, 0.25) is 0 Å². The van der Waals surface area contributed by atoms with Crippen LogP contribution >= 0.6 is 0 Å². The quantitative estimate of drug-likeness (QED) is 0.388. The average Bonchev–Trinajstić information content (AvgIpc) is 2.28. The second-order valence-corrected chi connectivity index (χ2v) is 2.94. The Hall–Kier alpha value is -2.17. The Labute approximate surface area is 85.5 Å². The van der Waals surface area contributed by atoms with E-state index in [-0.39, 0.29) is 5.69 Å². The molecule has 0 saturated carbocycles. The number of carbonyl (C=O) groups is 1. The maximum atomic E-state index is 11.4. The number of nitrogens with zero attached hydrogens (tertiary/aromatic N) is 2. The van der Waals surface area contributed by atoms with E-state index in [4.69, 9.17) is 0 Å². The van der Waals surface area contributed by atoms with Crippen molar-refractivity contribution in [1.29, 1.82) is 0 Å². The van der Waals surface area contributed by atoms with Gasteiger partial charge in [0.2, 0.25) is 0 Å². The molecule has 2 heterocycles. The van der Waals surface area contributed by atoms with Gasteiger partial charge in [0.05, 0.1) is 12.5 Å². The summed E-state index contributed by atoms with van der Waals surface area (Å²) < 4.78 is 5.04. The van der Waals surface area contributed by atoms with Crippen molar-refractivity contribution in [1.82, 2.24) is 4.98 Å². The number of hydrogen-bond acceptors (Lipinski definition) is 4. The van der Waals surface area contributed by atoms with Gasteiger partial charge in [-0.3, -0.25) is 4.98 Å². The van der Waals surface area contributed by atoms with Gasteiger partial charge in [-0.05, 0) is 6.07 Å². The van der Waals surface area contributed by atoms with Gasteiger partial charge in [0, 0.05) is 23.8 Å². The van der Waals surface area contributed by atoms with E-state index >= 15 is 0 Å². The van der Waals surface area contributed by atoms with Crippen molar-refractivity contribution in [2.24, 2.45) is 0 Å². The summed E-state index contributed by atoms with van der Waals surface area (Å²) in [5, 5.41) is 12.7. The third kappa shape index (κ3) is 1.48. The fraction of sp³-hybridized carbons (Fsp3) is 0.100. The molecule has 0 aliphatic carbocycles. The van der Waals surface area contributed by atoms with Gasteiger partial charge in [0.15, 0.2) is 6.20 Å². The van der Waals surface area contributed by atoms with Crippen LogP contribution in [0.5, 0.6) is 0 Å². The highest BCUT2D eigenvalue weighted by Crippen LogP contribution is 2.14. The number of methoxy groups -OCH3 is 1. The summed E-state index contributed by atoms with van der Waals surface area (Å²) in [6, 6.07) is 3.21. The normalized spacial score (nSPS) is 10.2. The summed E-state index contributed by atoms with van der Waals surface area (Å²) in [5.74, 6) is -0.651. The van der Waals surface area contributed by atoms with Gasteiger partial charge in [-0.2, -0.15) is 4.73 Å². The van der Waals surface area contributed by atoms with E-state index in [1.807, 2.05) is 0 Å². The maximum absolute atomic E-state index is 11.4. The summed E-state index contributed by atoms with van der Waals surface area (Å²) >= 11 is 0. The van der Waals surface area contributed by atoms with E-state index in [2.05, 4.69) is 9.72 Å². The molecule has 0 spiro atoms. The number of esters is 1. The summed E-state index contributed by atoms with van der Waals surface area (Å²) in [5.41, 5.74) is -0.0163. The minimum absolute atomic E-state index is 0.0163. The van der Waals surface area contributed by atoms with E-state index in [0.717, 1.165) is 5.39 Å². The van der Waals surface area contributed by atoms with Gasteiger partial charge in [0.1, 0.15) is 0 Å². The Kier molecular flexibility index (Phi) is 2.21. The molecule has 5 nitrogen and oxygen atoms in total. The molecular formula is C10H8N2O3. The van der Waals surface area contributed by atoms with Crippen molar-refractivity contribution in [3.05, 3.63) is 41.6 Å². The molecule has 0 fully saturated rings. The topological polar surface area (TPSA) is 66.1 Å². The number of ether oxygens (including phenoxy) is 1.